The molecule has 1 rings (SSSR count). The van der Waals surface area contributed by atoms with Crippen molar-refractivity contribution in [1.29, 1.82) is 0 Å². The normalized spacial score (nSPS) is 23.9. The number of carbonyl (C=O) groups excluding carboxylic acids is 2. The second-order valence-corrected chi connectivity index (χ2v) is 5.33. The second-order valence-electron chi connectivity index (χ2n) is 5.33. The van der Waals surface area contributed by atoms with E-state index < -0.39 is 0 Å². The van der Waals surface area contributed by atoms with Crippen molar-refractivity contribution in [2.75, 3.05) is 39.3 Å². The molecule has 0 bridgehead atoms. The minimum absolute atomic E-state index is 0.00989. The van der Waals surface area contributed by atoms with Gasteiger partial charge in [0.05, 0.1) is 6.54 Å². The largest absolute Gasteiger partial charge is 0.355 e. The molecule has 0 spiro atoms. The summed E-state index contributed by atoms with van der Waals surface area (Å²) >= 11 is 0. The summed E-state index contributed by atoms with van der Waals surface area (Å²) in [6.45, 7) is 7.59. The average Bonchev–Trinajstić information content (AvgIpc) is 2.37. The van der Waals surface area contributed by atoms with Crippen molar-refractivity contribution in [3.63, 3.8) is 0 Å². The molecule has 6 heteroatoms. The molecule has 4 N–H and O–H groups in total. The molecule has 1 aliphatic rings. The van der Waals surface area contributed by atoms with Crippen LogP contribution in [0, 0.1) is 11.8 Å². The topological polar surface area (TPSA) is 87.5 Å². The molecule has 6 nitrogen and oxygen atoms in total. The van der Waals surface area contributed by atoms with E-state index in [1.54, 1.807) is 0 Å². The van der Waals surface area contributed by atoms with Gasteiger partial charge in [0.25, 0.3) is 0 Å². The Balaban J connectivity index is 2.19. The van der Waals surface area contributed by atoms with Gasteiger partial charge in [-0.2, -0.15) is 0 Å². The fourth-order valence-corrected chi connectivity index (χ4v) is 2.37. The van der Waals surface area contributed by atoms with Crippen LogP contribution in [0.2, 0.25) is 0 Å². The maximum Gasteiger partial charge on any atom is 0.234 e. The highest BCUT2D eigenvalue weighted by Crippen LogP contribution is 2.21. The monoisotopic (exact) mass is 270 g/mol. The molecule has 1 saturated heterocycles. The highest BCUT2D eigenvalue weighted by Gasteiger charge is 2.25. The summed E-state index contributed by atoms with van der Waals surface area (Å²) in [5.41, 5.74) is 5.75. The highest BCUT2D eigenvalue weighted by atomic mass is 16.2. The van der Waals surface area contributed by atoms with E-state index >= 15 is 0 Å². The number of rotatable bonds is 6. The van der Waals surface area contributed by atoms with E-state index in [4.69, 9.17) is 5.73 Å². The van der Waals surface area contributed by atoms with E-state index in [0.29, 0.717) is 38.0 Å². The van der Waals surface area contributed by atoms with E-state index in [0.717, 1.165) is 19.5 Å². The Morgan fingerprint density at radius 3 is 2.63 bits per heavy atom. The van der Waals surface area contributed by atoms with Crippen LogP contribution in [-0.2, 0) is 9.59 Å². The molecule has 1 fully saturated rings. The van der Waals surface area contributed by atoms with Gasteiger partial charge in [-0.25, -0.2) is 0 Å². The number of amides is 2. The molecule has 1 aliphatic heterocycles. The smallest absolute Gasteiger partial charge is 0.234 e. The standard InChI is InChI=1S/C13H26N4O2/c1-10-3-6-17(8-12(10)7-14)9-13(19)16-5-4-15-11(2)18/h10,12H,3-9,14H2,1-2H3,(H,15,18)(H,16,19). The molecule has 110 valence electrons. The van der Waals surface area contributed by atoms with Crippen LogP contribution in [0.15, 0.2) is 0 Å². The van der Waals surface area contributed by atoms with E-state index in [1.165, 1.54) is 6.92 Å². The van der Waals surface area contributed by atoms with Crippen molar-refractivity contribution < 1.29 is 9.59 Å². The first kappa shape index (κ1) is 15.9. The Hall–Kier alpha value is -1.14. The number of piperidine rings is 1. The molecule has 2 amide bonds. The van der Waals surface area contributed by atoms with Gasteiger partial charge in [0.15, 0.2) is 0 Å². The van der Waals surface area contributed by atoms with E-state index in [1.807, 2.05) is 0 Å². The molecular formula is C13H26N4O2. The lowest BCUT2D eigenvalue weighted by atomic mass is 9.87. The van der Waals surface area contributed by atoms with Gasteiger partial charge in [-0.05, 0) is 31.3 Å². The van der Waals surface area contributed by atoms with Crippen molar-refractivity contribution in [2.45, 2.75) is 20.3 Å². The summed E-state index contributed by atoms with van der Waals surface area (Å²) in [7, 11) is 0. The Morgan fingerprint density at radius 2 is 2.00 bits per heavy atom. The Kier molecular flexibility index (Phi) is 6.80. The summed E-state index contributed by atoms with van der Waals surface area (Å²) in [5, 5.41) is 5.45. The van der Waals surface area contributed by atoms with Crippen LogP contribution < -0.4 is 16.4 Å². The molecule has 0 aliphatic carbocycles. The van der Waals surface area contributed by atoms with Crippen molar-refractivity contribution in [3.05, 3.63) is 0 Å². The Labute approximate surface area is 115 Å². The lowest BCUT2D eigenvalue weighted by molar-refractivity contribution is -0.123. The van der Waals surface area contributed by atoms with E-state index in [9.17, 15) is 9.59 Å². The van der Waals surface area contributed by atoms with Gasteiger partial charge in [-0.1, -0.05) is 6.92 Å². The molecule has 2 unspecified atom stereocenters. The first-order valence-electron chi connectivity index (χ1n) is 6.96. The summed E-state index contributed by atoms with van der Waals surface area (Å²) in [6.07, 6.45) is 1.10. The van der Waals surface area contributed by atoms with Gasteiger partial charge in [0.2, 0.25) is 11.8 Å². The summed E-state index contributed by atoms with van der Waals surface area (Å²) < 4.78 is 0. The van der Waals surface area contributed by atoms with Crippen LogP contribution in [0.1, 0.15) is 20.3 Å². The zero-order valence-corrected chi connectivity index (χ0v) is 11.9. The van der Waals surface area contributed by atoms with Gasteiger partial charge in [-0.3, -0.25) is 14.5 Å². The van der Waals surface area contributed by atoms with Crippen molar-refractivity contribution in [3.8, 4) is 0 Å². The van der Waals surface area contributed by atoms with Crippen LogP contribution in [0.5, 0.6) is 0 Å². The minimum atomic E-state index is -0.0787. The third kappa shape index (κ3) is 6.02. The number of carbonyl (C=O) groups is 2. The first-order valence-corrected chi connectivity index (χ1v) is 6.96. The van der Waals surface area contributed by atoms with E-state index in [2.05, 4.69) is 22.5 Å². The molecule has 0 radical (unpaired) electrons. The SMILES string of the molecule is CC(=O)NCCNC(=O)CN1CCC(C)C(CN)C1. The third-order valence-corrected chi connectivity index (χ3v) is 3.69. The molecule has 1 heterocycles. The zero-order chi connectivity index (χ0) is 14.3. The molecule has 0 aromatic carbocycles. The number of likely N-dealkylation sites (tertiary alicyclic amines) is 1. The summed E-state index contributed by atoms with van der Waals surface area (Å²) in [4.78, 5) is 24.6. The maximum absolute atomic E-state index is 11.7. The minimum Gasteiger partial charge on any atom is -0.355 e. The Morgan fingerprint density at radius 1 is 1.32 bits per heavy atom. The van der Waals surface area contributed by atoms with Crippen LogP contribution in [0.3, 0.4) is 0 Å². The molecule has 0 aromatic heterocycles. The number of nitrogens with zero attached hydrogens (tertiary/aromatic N) is 1. The maximum atomic E-state index is 11.7. The van der Waals surface area contributed by atoms with Crippen LogP contribution >= 0.6 is 0 Å². The van der Waals surface area contributed by atoms with Crippen molar-refractivity contribution in [1.82, 2.24) is 15.5 Å². The lowest BCUT2D eigenvalue weighted by Gasteiger charge is -2.36. The van der Waals surface area contributed by atoms with Crippen LogP contribution in [-0.4, -0.2) is 56.0 Å². The van der Waals surface area contributed by atoms with Crippen LogP contribution in [0.4, 0.5) is 0 Å². The second kappa shape index (κ2) is 8.12. The van der Waals surface area contributed by atoms with Gasteiger partial charge < -0.3 is 16.4 Å². The molecule has 19 heavy (non-hydrogen) atoms. The van der Waals surface area contributed by atoms with Crippen molar-refractivity contribution >= 4 is 11.8 Å². The van der Waals surface area contributed by atoms with Gasteiger partial charge in [0.1, 0.15) is 0 Å². The fraction of sp³-hybridized carbons (Fsp3) is 0.846. The summed E-state index contributed by atoms with van der Waals surface area (Å²) in [5.74, 6) is 1.06. The van der Waals surface area contributed by atoms with Crippen molar-refractivity contribution in [2.24, 2.45) is 17.6 Å². The van der Waals surface area contributed by atoms with E-state index in [-0.39, 0.29) is 11.8 Å². The molecule has 0 aromatic rings. The predicted molar refractivity (Wildman–Crippen MR) is 74.5 cm³/mol. The highest BCUT2D eigenvalue weighted by molar-refractivity contribution is 5.78. The Bertz CT molecular complexity index is 309. The van der Waals surface area contributed by atoms with Gasteiger partial charge in [-0.15, -0.1) is 0 Å². The summed E-state index contributed by atoms with van der Waals surface area (Å²) in [6, 6.07) is 0. The lowest BCUT2D eigenvalue weighted by Crippen LogP contribution is -2.47. The number of nitrogens with one attached hydrogen (secondary N) is 2. The molecular weight excluding hydrogens is 244 g/mol. The number of hydrogen-bond acceptors (Lipinski definition) is 4. The fourth-order valence-electron chi connectivity index (χ4n) is 2.37. The first-order chi connectivity index (χ1) is 9.02. The molecule has 2 atom stereocenters. The quantitative estimate of drug-likeness (QED) is 0.549. The van der Waals surface area contributed by atoms with Gasteiger partial charge >= 0.3 is 0 Å². The average molecular weight is 270 g/mol. The number of hydrogen-bond donors (Lipinski definition) is 3. The zero-order valence-electron chi connectivity index (χ0n) is 11.9. The predicted octanol–water partition coefficient (Wildman–Crippen LogP) is -0.845. The third-order valence-electron chi connectivity index (χ3n) is 3.69. The van der Waals surface area contributed by atoms with Gasteiger partial charge in [0, 0.05) is 26.6 Å². The molecule has 0 saturated carbocycles. The van der Waals surface area contributed by atoms with Crippen LogP contribution in [0.25, 0.3) is 0 Å². The number of nitrogens with two attached hydrogens (primary N) is 1.